The summed E-state index contributed by atoms with van der Waals surface area (Å²) in [6.45, 7) is 10.6. The van der Waals surface area contributed by atoms with Gasteiger partial charge in [0, 0.05) is 18.8 Å². The average Bonchev–Trinajstić information content (AvgIpc) is 2.45. The smallest absolute Gasteiger partial charge is 0.339 e. The van der Waals surface area contributed by atoms with Crippen LogP contribution in [0.5, 0.6) is 0 Å². The number of carbonyl (C=O) groups excluding carboxylic acids is 1. The van der Waals surface area contributed by atoms with Crippen LogP contribution < -0.4 is 10.6 Å². The second-order valence-corrected chi connectivity index (χ2v) is 4.43. The van der Waals surface area contributed by atoms with Crippen LogP contribution in [0, 0.1) is 0 Å². The Hall–Kier alpha value is -2.27. The van der Waals surface area contributed by atoms with E-state index in [-0.39, 0.29) is 0 Å². The first kappa shape index (κ1) is 15.8. The first-order chi connectivity index (χ1) is 9.51. The molecule has 0 saturated heterocycles. The predicted molar refractivity (Wildman–Crippen MR) is 80.7 cm³/mol. The van der Waals surface area contributed by atoms with Crippen LogP contribution in [0.15, 0.2) is 49.6 Å². The molecule has 1 rings (SSSR count). The molecule has 1 aromatic carbocycles. The van der Waals surface area contributed by atoms with Gasteiger partial charge in [-0.2, -0.15) is 5.06 Å². The SMILES string of the molecule is C=CCN(CC=C)c1ccc(C(C)N(O)C(N)=O)cc1. The Morgan fingerprint density at radius 3 is 2.20 bits per heavy atom. The summed E-state index contributed by atoms with van der Waals surface area (Å²) >= 11 is 0. The zero-order valence-corrected chi connectivity index (χ0v) is 11.7. The van der Waals surface area contributed by atoms with Gasteiger partial charge in [-0.1, -0.05) is 24.3 Å². The Balaban J connectivity index is 2.89. The van der Waals surface area contributed by atoms with Crippen molar-refractivity contribution in [1.82, 2.24) is 5.06 Å². The molecule has 0 heterocycles. The van der Waals surface area contributed by atoms with Crippen LogP contribution in [0.2, 0.25) is 0 Å². The van der Waals surface area contributed by atoms with Gasteiger partial charge in [-0.05, 0) is 24.6 Å². The summed E-state index contributed by atoms with van der Waals surface area (Å²) < 4.78 is 0. The summed E-state index contributed by atoms with van der Waals surface area (Å²) in [5, 5.41) is 10.0. The van der Waals surface area contributed by atoms with Crippen molar-refractivity contribution in [3.63, 3.8) is 0 Å². The minimum atomic E-state index is -0.874. The van der Waals surface area contributed by atoms with E-state index in [1.165, 1.54) is 0 Å². The molecule has 2 amide bonds. The number of benzene rings is 1. The molecule has 5 heteroatoms. The van der Waals surface area contributed by atoms with E-state index < -0.39 is 12.1 Å². The number of primary amides is 1. The molecule has 0 saturated carbocycles. The van der Waals surface area contributed by atoms with Crippen molar-refractivity contribution in [2.24, 2.45) is 5.73 Å². The lowest BCUT2D eigenvalue weighted by Crippen LogP contribution is -2.34. The van der Waals surface area contributed by atoms with Gasteiger partial charge in [0.15, 0.2) is 0 Å². The van der Waals surface area contributed by atoms with E-state index in [0.29, 0.717) is 18.2 Å². The molecular weight excluding hydrogens is 254 g/mol. The van der Waals surface area contributed by atoms with Gasteiger partial charge in [0.05, 0.1) is 6.04 Å². The molecule has 0 radical (unpaired) electrons. The van der Waals surface area contributed by atoms with E-state index in [0.717, 1.165) is 11.3 Å². The molecule has 0 aliphatic carbocycles. The number of hydroxylamine groups is 2. The molecule has 0 aliphatic rings. The van der Waals surface area contributed by atoms with Crippen molar-refractivity contribution in [3.05, 3.63) is 55.1 Å². The summed E-state index contributed by atoms with van der Waals surface area (Å²) in [7, 11) is 0. The number of rotatable bonds is 7. The average molecular weight is 275 g/mol. The van der Waals surface area contributed by atoms with Crippen LogP contribution in [-0.2, 0) is 0 Å². The number of carbonyl (C=O) groups is 1. The fraction of sp³-hybridized carbons (Fsp3) is 0.267. The zero-order chi connectivity index (χ0) is 15.1. The zero-order valence-electron chi connectivity index (χ0n) is 11.7. The highest BCUT2D eigenvalue weighted by atomic mass is 16.5. The maximum absolute atomic E-state index is 10.9. The van der Waals surface area contributed by atoms with E-state index in [1.807, 2.05) is 36.4 Å². The van der Waals surface area contributed by atoms with Gasteiger partial charge in [0.1, 0.15) is 0 Å². The maximum atomic E-state index is 10.9. The van der Waals surface area contributed by atoms with Crippen molar-refractivity contribution >= 4 is 11.7 Å². The monoisotopic (exact) mass is 275 g/mol. The Morgan fingerprint density at radius 1 is 1.30 bits per heavy atom. The molecule has 5 nitrogen and oxygen atoms in total. The number of hydrogen-bond donors (Lipinski definition) is 2. The largest absolute Gasteiger partial charge is 0.364 e. The molecule has 1 aromatic rings. The van der Waals surface area contributed by atoms with Crippen LogP contribution in [0.3, 0.4) is 0 Å². The summed E-state index contributed by atoms with van der Waals surface area (Å²) in [6, 6.07) is 6.19. The lowest BCUT2D eigenvalue weighted by Gasteiger charge is -2.24. The van der Waals surface area contributed by atoms with Crippen molar-refractivity contribution in [1.29, 1.82) is 0 Å². The summed E-state index contributed by atoms with van der Waals surface area (Å²) in [5.41, 5.74) is 6.85. The summed E-state index contributed by atoms with van der Waals surface area (Å²) in [5.74, 6) is 0. The predicted octanol–water partition coefficient (Wildman–Crippen LogP) is 2.70. The van der Waals surface area contributed by atoms with Gasteiger partial charge >= 0.3 is 6.03 Å². The number of nitrogens with zero attached hydrogens (tertiary/aromatic N) is 2. The number of amides is 2. The summed E-state index contributed by atoms with van der Waals surface area (Å²) in [6.07, 6.45) is 3.64. The second-order valence-electron chi connectivity index (χ2n) is 4.43. The van der Waals surface area contributed by atoms with Crippen molar-refractivity contribution < 1.29 is 10.0 Å². The topological polar surface area (TPSA) is 69.8 Å². The Labute approximate surface area is 119 Å². The molecule has 0 aromatic heterocycles. The van der Waals surface area contributed by atoms with E-state index >= 15 is 0 Å². The van der Waals surface area contributed by atoms with Gasteiger partial charge in [-0.25, -0.2) is 4.79 Å². The fourth-order valence-corrected chi connectivity index (χ4v) is 1.89. The Kier molecular flexibility index (Phi) is 5.80. The molecular formula is C15H21N3O2. The molecule has 0 bridgehead atoms. The first-order valence-corrected chi connectivity index (χ1v) is 6.35. The molecule has 1 unspecified atom stereocenters. The van der Waals surface area contributed by atoms with Crippen LogP contribution >= 0.6 is 0 Å². The van der Waals surface area contributed by atoms with Gasteiger partial charge in [-0.15, -0.1) is 13.2 Å². The standard InChI is InChI=1S/C15H21N3O2/c1-4-10-17(11-5-2)14-8-6-13(7-9-14)12(3)18(20)15(16)19/h4-9,12,20H,1-2,10-11H2,3H3,(H2,16,19). The normalized spacial score (nSPS) is 11.5. The van der Waals surface area contributed by atoms with Crippen molar-refractivity contribution in [3.8, 4) is 0 Å². The van der Waals surface area contributed by atoms with Gasteiger partial charge < -0.3 is 10.6 Å². The van der Waals surface area contributed by atoms with Gasteiger partial charge in [0.2, 0.25) is 0 Å². The molecule has 1 atom stereocenters. The van der Waals surface area contributed by atoms with E-state index in [1.54, 1.807) is 6.92 Å². The highest BCUT2D eigenvalue weighted by Gasteiger charge is 2.17. The highest BCUT2D eigenvalue weighted by molar-refractivity contribution is 5.71. The van der Waals surface area contributed by atoms with Crippen LogP contribution in [-0.4, -0.2) is 29.4 Å². The van der Waals surface area contributed by atoms with Gasteiger partial charge in [-0.3, -0.25) is 5.21 Å². The molecule has 0 spiro atoms. The molecule has 20 heavy (non-hydrogen) atoms. The second kappa shape index (κ2) is 7.35. The molecule has 0 fully saturated rings. The molecule has 3 N–H and O–H groups in total. The Bertz CT molecular complexity index is 461. The van der Waals surface area contributed by atoms with Crippen LogP contribution in [0.25, 0.3) is 0 Å². The number of nitrogens with two attached hydrogens (primary N) is 1. The highest BCUT2D eigenvalue weighted by Crippen LogP contribution is 2.22. The molecule has 0 aliphatic heterocycles. The van der Waals surface area contributed by atoms with Crippen LogP contribution in [0.1, 0.15) is 18.5 Å². The Morgan fingerprint density at radius 2 is 1.80 bits per heavy atom. The van der Waals surface area contributed by atoms with E-state index in [4.69, 9.17) is 5.73 Å². The maximum Gasteiger partial charge on any atom is 0.339 e. The number of hydrogen-bond acceptors (Lipinski definition) is 3. The quantitative estimate of drug-likeness (QED) is 0.456. The number of urea groups is 1. The van der Waals surface area contributed by atoms with Crippen molar-refractivity contribution in [2.75, 3.05) is 18.0 Å². The third-order valence-electron chi connectivity index (χ3n) is 3.03. The first-order valence-electron chi connectivity index (χ1n) is 6.35. The minimum Gasteiger partial charge on any atom is -0.364 e. The summed E-state index contributed by atoms with van der Waals surface area (Å²) in [4.78, 5) is 13.0. The van der Waals surface area contributed by atoms with E-state index in [9.17, 15) is 10.0 Å². The van der Waals surface area contributed by atoms with Gasteiger partial charge in [0.25, 0.3) is 0 Å². The minimum absolute atomic E-state index is 0.492. The third-order valence-corrected chi connectivity index (χ3v) is 3.03. The van der Waals surface area contributed by atoms with Crippen LogP contribution in [0.4, 0.5) is 10.5 Å². The third kappa shape index (κ3) is 3.86. The lowest BCUT2D eigenvalue weighted by molar-refractivity contribution is -0.0709. The van der Waals surface area contributed by atoms with E-state index in [2.05, 4.69) is 18.1 Å². The van der Waals surface area contributed by atoms with Crippen molar-refractivity contribution in [2.45, 2.75) is 13.0 Å². The number of anilines is 1. The fourth-order valence-electron chi connectivity index (χ4n) is 1.89. The molecule has 108 valence electrons. The lowest BCUT2D eigenvalue weighted by atomic mass is 10.1.